The molecule has 6 heteroatoms. The van der Waals surface area contributed by atoms with Crippen LogP contribution in [0.2, 0.25) is 0 Å². The normalized spacial score (nSPS) is 12.1. The highest BCUT2D eigenvalue weighted by Crippen LogP contribution is 2.16. The molecular formula is C10H11N5O. The SMILES string of the molecule is NNC(=O)C(c1ccccc1)n1cncn1. The molecule has 3 N–H and O–H groups in total. The summed E-state index contributed by atoms with van der Waals surface area (Å²) in [6.07, 6.45) is 2.85. The zero-order valence-electron chi connectivity index (χ0n) is 8.45. The van der Waals surface area contributed by atoms with Crippen LogP contribution in [0.25, 0.3) is 0 Å². The van der Waals surface area contributed by atoms with Gasteiger partial charge in [-0.2, -0.15) is 5.10 Å². The molecule has 0 aliphatic rings. The highest BCUT2D eigenvalue weighted by molar-refractivity contribution is 5.82. The third-order valence-corrected chi connectivity index (χ3v) is 2.21. The standard InChI is InChI=1S/C10H11N5O/c11-14-10(16)9(15-7-12-6-13-15)8-4-2-1-3-5-8/h1-7,9H,11H2,(H,14,16). The number of nitrogens with one attached hydrogen (secondary N) is 1. The van der Waals surface area contributed by atoms with Crippen LogP contribution in [0.15, 0.2) is 43.0 Å². The van der Waals surface area contributed by atoms with Gasteiger partial charge in [-0.05, 0) is 5.56 Å². The van der Waals surface area contributed by atoms with E-state index in [1.165, 1.54) is 17.3 Å². The summed E-state index contributed by atoms with van der Waals surface area (Å²) in [6.45, 7) is 0. The summed E-state index contributed by atoms with van der Waals surface area (Å²) < 4.78 is 1.46. The molecule has 0 saturated heterocycles. The summed E-state index contributed by atoms with van der Waals surface area (Å²) in [5.41, 5.74) is 2.93. The van der Waals surface area contributed by atoms with Crippen molar-refractivity contribution in [1.82, 2.24) is 20.2 Å². The molecule has 0 bridgehead atoms. The Kier molecular flexibility index (Phi) is 2.93. The van der Waals surface area contributed by atoms with Crippen molar-refractivity contribution in [1.29, 1.82) is 0 Å². The van der Waals surface area contributed by atoms with Gasteiger partial charge in [0, 0.05) is 0 Å². The van der Waals surface area contributed by atoms with Crippen LogP contribution in [0.5, 0.6) is 0 Å². The van der Waals surface area contributed by atoms with Gasteiger partial charge < -0.3 is 0 Å². The van der Waals surface area contributed by atoms with Crippen molar-refractivity contribution in [2.45, 2.75) is 6.04 Å². The Morgan fingerprint density at radius 3 is 2.69 bits per heavy atom. The van der Waals surface area contributed by atoms with Gasteiger partial charge in [0.15, 0.2) is 6.04 Å². The second kappa shape index (κ2) is 4.54. The predicted molar refractivity (Wildman–Crippen MR) is 56.9 cm³/mol. The Bertz CT molecular complexity index is 453. The number of hydrogen-bond acceptors (Lipinski definition) is 4. The fourth-order valence-corrected chi connectivity index (χ4v) is 1.49. The fourth-order valence-electron chi connectivity index (χ4n) is 1.49. The first-order valence-electron chi connectivity index (χ1n) is 4.72. The van der Waals surface area contributed by atoms with E-state index in [0.29, 0.717) is 0 Å². The zero-order chi connectivity index (χ0) is 11.4. The summed E-state index contributed by atoms with van der Waals surface area (Å²) in [7, 11) is 0. The van der Waals surface area contributed by atoms with Gasteiger partial charge in [0.05, 0.1) is 0 Å². The van der Waals surface area contributed by atoms with E-state index in [0.717, 1.165) is 5.56 Å². The average molecular weight is 217 g/mol. The van der Waals surface area contributed by atoms with Crippen LogP contribution in [0.4, 0.5) is 0 Å². The minimum atomic E-state index is -0.589. The first-order chi connectivity index (χ1) is 7.83. The lowest BCUT2D eigenvalue weighted by molar-refractivity contribution is -0.123. The monoisotopic (exact) mass is 217 g/mol. The van der Waals surface area contributed by atoms with Crippen molar-refractivity contribution in [3.63, 3.8) is 0 Å². The fraction of sp³-hybridized carbons (Fsp3) is 0.100. The Morgan fingerprint density at radius 2 is 2.12 bits per heavy atom. The quantitative estimate of drug-likeness (QED) is 0.425. The van der Waals surface area contributed by atoms with E-state index in [1.54, 1.807) is 0 Å². The molecule has 82 valence electrons. The molecule has 1 amide bonds. The number of hydrogen-bond donors (Lipinski definition) is 2. The molecule has 0 aliphatic heterocycles. The number of carbonyl (C=O) groups excluding carboxylic acids is 1. The first-order valence-corrected chi connectivity index (χ1v) is 4.72. The number of amides is 1. The molecule has 1 heterocycles. The highest BCUT2D eigenvalue weighted by Gasteiger charge is 2.21. The Labute approximate surface area is 92.1 Å². The second-order valence-electron chi connectivity index (χ2n) is 3.20. The number of nitrogens with zero attached hydrogens (tertiary/aromatic N) is 3. The van der Waals surface area contributed by atoms with Crippen LogP contribution < -0.4 is 11.3 Å². The zero-order valence-corrected chi connectivity index (χ0v) is 8.45. The number of carbonyl (C=O) groups is 1. The number of rotatable bonds is 3. The summed E-state index contributed by atoms with van der Waals surface area (Å²) in [5, 5.41) is 3.95. The van der Waals surface area contributed by atoms with E-state index in [2.05, 4.69) is 15.5 Å². The molecule has 1 atom stereocenters. The van der Waals surface area contributed by atoms with E-state index in [9.17, 15) is 4.79 Å². The summed E-state index contributed by atoms with van der Waals surface area (Å²) in [6, 6.07) is 8.66. The summed E-state index contributed by atoms with van der Waals surface area (Å²) in [4.78, 5) is 15.5. The Morgan fingerprint density at radius 1 is 1.38 bits per heavy atom. The minimum Gasteiger partial charge on any atom is -0.292 e. The number of aromatic nitrogens is 3. The maximum Gasteiger partial charge on any atom is 0.263 e. The molecule has 16 heavy (non-hydrogen) atoms. The summed E-state index contributed by atoms with van der Waals surface area (Å²) in [5.74, 6) is 4.82. The molecule has 0 saturated carbocycles. The number of benzene rings is 1. The van der Waals surface area contributed by atoms with Crippen LogP contribution in [0.3, 0.4) is 0 Å². The maximum atomic E-state index is 11.7. The predicted octanol–water partition coefficient (Wildman–Crippen LogP) is -0.143. The van der Waals surface area contributed by atoms with Gasteiger partial charge in [0.2, 0.25) is 0 Å². The third-order valence-electron chi connectivity index (χ3n) is 2.21. The molecule has 1 aromatic heterocycles. The van der Waals surface area contributed by atoms with Crippen molar-refractivity contribution in [3.8, 4) is 0 Å². The number of hydrazine groups is 1. The largest absolute Gasteiger partial charge is 0.292 e. The van der Waals surface area contributed by atoms with Crippen molar-refractivity contribution in [2.75, 3.05) is 0 Å². The van der Waals surface area contributed by atoms with Gasteiger partial charge in [0.1, 0.15) is 12.7 Å². The van der Waals surface area contributed by atoms with Crippen LogP contribution in [-0.4, -0.2) is 20.7 Å². The molecule has 2 rings (SSSR count). The average Bonchev–Trinajstić information content (AvgIpc) is 2.84. The Hall–Kier alpha value is -2.21. The van der Waals surface area contributed by atoms with Crippen LogP contribution in [-0.2, 0) is 4.79 Å². The van der Waals surface area contributed by atoms with Gasteiger partial charge >= 0.3 is 0 Å². The second-order valence-corrected chi connectivity index (χ2v) is 3.20. The molecule has 1 aromatic carbocycles. The molecule has 0 fully saturated rings. The van der Waals surface area contributed by atoms with Crippen molar-refractivity contribution >= 4 is 5.91 Å². The van der Waals surface area contributed by atoms with Crippen LogP contribution in [0, 0.1) is 0 Å². The van der Waals surface area contributed by atoms with Crippen molar-refractivity contribution in [3.05, 3.63) is 48.5 Å². The van der Waals surface area contributed by atoms with Crippen molar-refractivity contribution in [2.24, 2.45) is 5.84 Å². The van der Waals surface area contributed by atoms with Crippen LogP contribution >= 0.6 is 0 Å². The molecular weight excluding hydrogens is 206 g/mol. The van der Waals surface area contributed by atoms with Gasteiger partial charge in [-0.3, -0.25) is 10.2 Å². The van der Waals surface area contributed by atoms with Gasteiger partial charge in [-0.1, -0.05) is 30.3 Å². The minimum absolute atomic E-state index is 0.336. The van der Waals surface area contributed by atoms with Gasteiger partial charge in [0.25, 0.3) is 5.91 Å². The van der Waals surface area contributed by atoms with Gasteiger partial charge in [-0.25, -0.2) is 15.5 Å². The molecule has 0 radical (unpaired) electrons. The third kappa shape index (κ3) is 1.91. The van der Waals surface area contributed by atoms with E-state index in [-0.39, 0.29) is 5.91 Å². The molecule has 1 unspecified atom stereocenters. The lowest BCUT2D eigenvalue weighted by Crippen LogP contribution is -2.37. The van der Waals surface area contributed by atoms with E-state index >= 15 is 0 Å². The topological polar surface area (TPSA) is 85.8 Å². The smallest absolute Gasteiger partial charge is 0.263 e. The lowest BCUT2D eigenvalue weighted by atomic mass is 10.1. The highest BCUT2D eigenvalue weighted by atomic mass is 16.2. The maximum absolute atomic E-state index is 11.7. The van der Waals surface area contributed by atoms with E-state index in [1.807, 2.05) is 30.3 Å². The molecule has 2 aromatic rings. The molecule has 6 nitrogen and oxygen atoms in total. The number of nitrogens with two attached hydrogens (primary N) is 1. The first kappa shape index (κ1) is 10.3. The van der Waals surface area contributed by atoms with Crippen molar-refractivity contribution < 1.29 is 4.79 Å². The lowest BCUT2D eigenvalue weighted by Gasteiger charge is -2.15. The van der Waals surface area contributed by atoms with E-state index < -0.39 is 6.04 Å². The van der Waals surface area contributed by atoms with E-state index in [4.69, 9.17) is 5.84 Å². The summed E-state index contributed by atoms with van der Waals surface area (Å²) >= 11 is 0. The molecule has 0 spiro atoms. The Balaban J connectivity index is 2.40. The van der Waals surface area contributed by atoms with Gasteiger partial charge in [-0.15, -0.1) is 0 Å². The van der Waals surface area contributed by atoms with Crippen LogP contribution in [0.1, 0.15) is 11.6 Å². The molecule has 0 aliphatic carbocycles.